The number of esters is 1. The molecule has 6 atom stereocenters. The highest BCUT2D eigenvalue weighted by molar-refractivity contribution is 8.02. The number of thioether (sulfide) groups is 1. The molecule has 0 aromatic heterocycles. The van der Waals surface area contributed by atoms with Crippen molar-refractivity contribution in [2.75, 3.05) is 13.2 Å². The van der Waals surface area contributed by atoms with Crippen molar-refractivity contribution in [2.24, 2.45) is 17.3 Å². The van der Waals surface area contributed by atoms with Crippen LogP contribution in [0.5, 0.6) is 0 Å². The summed E-state index contributed by atoms with van der Waals surface area (Å²) in [4.78, 5) is 43.1. The Kier molecular flexibility index (Phi) is 7.75. The highest BCUT2D eigenvalue weighted by Crippen LogP contribution is 2.66. The molecule has 2 N–H and O–H groups in total. The van der Waals surface area contributed by atoms with Crippen LogP contribution < -0.4 is 5.32 Å². The molecule has 8 heteroatoms. The number of benzene rings is 1. The Labute approximate surface area is 225 Å². The molecule has 3 aliphatic heterocycles. The average molecular weight is 531 g/mol. The first-order valence-corrected chi connectivity index (χ1v) is 14.3. The summed E-state index contributed by atoms with van der Waals surface area (Å²) < 4.78 is 4.70. The second-order valence-electron chi connectivity index (χ2n) is 12.7. The number of amides is 2. The third-order valence-electron chi connectivity index (χ3n) is 7.90. The van der Waals surface area contributed by atoms with Gasteiger partial charge in [-0.25, -0.2) is 0 Å². The number of likely N-dealkylation sites (tertiary alicyclic amines) is 1. The molecule has 0 aliphatic carbocycles. The van der Waals surface area contributed by atoms with Crippen molar-refractivity contribution >= 4 is 29.5 Å². The molecule has 4 rings (SSSR count). The van der Waals surface area contributed by atoms with E-state index in [9.17, 15) is 19.5 Å². The maximum absolute atomic E-state index is 14.2. The molecule has 0 saturated carbocycles. The van der Waals surface area contributed by atoms with Crippen molar-refractivity contribution < 1.29 is 24.2 Å². The van der Waals surface area contributed by atoms with E-state index in [0.717, 1.165) is 18.4 Å². The van der Waals surface area contributed by atoms with Gasteiger partial charge >= 0.3 is 5.97 Å². The third-order valence-corrected chi connectivity index (χ3v) is 9.85. The maximum Gasteiger partial charge on any atom is 0.310 e. The Morgan fingerprint density at radius 3 is 2.49 bits per heavy atom. The lowest BCUT2D eigenvalue weighted by atomic mass is 9.71. The Balaban J connectivity index is 1.73. The summed E-state index contributed by atoms with van der Waals surface area (Å²) in [7, 11) is 0. The lowest BCUT2D eigenvalue weighted by molar-refractivity contribution is -0.154. The monoisotopic (exact) mass is 530 g/mol. The number of aliphatic hydroxyl groups excluding tert-OH is 1. The molecule has 3 fully saturated rings. The van der Waals surface area contributed by atoms with Crippen LogP contribution in [0.2, 0.25) is 0 Å². The number of carbonyl (C=O) groups excluding carboxylic acids is 3. The van der Waals surface area contributed by atoms with E-state index in [1.54, 1.807) is 23.6 Å². The van der Waals surface area contributed by atoms with Gasteiger partial charge in [0.05, 0.1) is 35.8 Å². The number of hydrogen-bond donors (Lipinski definition) is 2. The van der Waals surface area contributed by atoms with Crippen LogP contribution in [-0.4, -0.2) is 68.6 Å². The van der Waals surface area contributed by atoms with Gasteiger partial charge < -0.3 is 20.1 Å². The zero-order valence-corrected chi connectivity index (χ0v) is 23.8. The minimum atomic E-state index is -0.764. The van der Waals surface area contributed by atoms with Gasteiger partial charge in [-0.05, 0) is 57.4 Å². The zero-order valence-electron chi connectivity index (χ0n) is 23.0. The summed E-state index contributed by atoms with van der Waals surface area (Å²) in [6, 6.07) is 8.37. The van der Waals surface area contributed by atoms with Crippen molar-refractivity contribution in [2.45, 2.75) is 94.8 Å². The summed E-state index contributed by atoms with van der Waals surface area (Å²) in [6.07, 6.45) is 2.65. The quantitative estimate of drug-likeness (QED) is 0.474. The Morgan fingerprint density at radius 1 is 1.22 bits per heavy atom. The topological polar surface area (TPSA) is 95.9 Å². The third kappa shape index (κ3) is 5.29. The summed E-state index contributed by atoms with van der Waals surface area (Å²) >= 11 is 1.62. The number of ether oxygens (including phenoxy) is 1. The largest absolute Gasteiger partial charge is 0.466 e. The molecule has 1 aromatic rings. The lowest BCUT2D eigenvalue weighted by Gasteiger charge is -2.40. The summed E-state index contributed by atoms with van der Waals surface area (Å²) in [5.41, 5.74) is 0.489. The molecule has 7 nitrogen and oxygen atoms in total. The number of rotatable bonds is 9. The minimum Gasteiger partial charge on any atom is -0.466 e. The number of fused-ring (bicyclic) bond motifs is 1. The second-order valence-corrected chi connectivity index (χ2v) is 14.3. The van der Waals surface area contributed by atoms with Crippen molar-refractivity contribution in [3.05, 3.63) is 35.9 Å². The van der Waals surface area contributed by atoms with Crippen molar-refractivity contribution in [1.29, 1.82) is 0 Å². The van der Waals surface area contributed by atoms with Crippen LogP contribution in [0.3, 0.4) is 0 Å². The fourth-order valence-electron chi connectivity index (χ4n) is 7.20. The highest BCUT2D eigenvalue weighted by atomic mass is 32.2. The van der Waals surface area contributed by atoms with Crippen LogP contribution in [-0.2, 0) is 25.5 Å². The predicted octanol–water partition coefficient (Wildman–Crippen LogP) is 3.58. The SMILES string of the molecule is CCOC(=O)[C@@H]1[C@H]2C(=O)N([C@@H](CO)Cc3ccccc3)C(C(=O)NC(C)(C)CC(C)(C)C)C23CC[C@H]1S3. The summed E-state index contributed by atoms with van der Waals surface area (Å²) in [6.45, 7) is 12.2. The Bertz CT molecular complexity index is 1020. The molecule has 1 aromatic carbocycles. The van der Waals surface area contributed by atoms with Crippen LogP contribution >= 0.6 is 11.8 Å². The number of nitrogens with zero attached hydrogens (tertiary/aromatic N) is 1. The van der Waals surface area contributed by atoms with Gasteiger partial charge in [0.25, 0.3) is 0 Å². The number of hydrogen-bond acceptors (Lipinski definition) is 6. The predicted molar refractivity (Wildman–Crippen MR) is 145 cm³/mol. The fourth-order valence-corrected chi connectivity index (χ4v) is 9.39. The van der Waals surface area contributed by atoms with Crippen LogP contribution in [0.4, 0.5) is 0 Å². The fraction of sp³-hybridized carbons (Fsp3) is 0.690. The van der Waals surface area contributed by atoms with Crippen molar-refractivity contribution in [3.63, 3.8) is 0 Å². The normalized spacial score (nSPS) is 29.8. The average Bonchev–Trinajstić information content (AvgIpc) is 3.43. The van der Waals surface area contributed by atoms with Crippen LogP contribution in [0, 0.1) is 17.3 Å². The summed E-state index contributed by atoms with van der Waals surface area (Å²) in [5.74, 6) is -1.95. The van der Waals surface area contributed by atoms with Gasteiger partial charge in [-0.1, -0.05) is 51.1 Å². The molecule has 0 radical (unpaired) electrons. The Morgan fingerprint density at radius 2 is 1.89 bits per heavy atom. The van der Waals surface area contributed by atoms with Gasteiger partial charge in [-0.2, -0.15) is 0 Å². The molecule has 2 amide bonds. The molecule has 3 saturated heterocycles. The van der Waals surface area contributed by atoms with Gasteiger partial charge in [0.15, 0.2) is 0 Å². The summed E-state index contributed by atoms with van der Waals surface area (Å²) in [5, 5.41) is 13.7. The van der Waals surface area contributed by atoms with Gasteiger partial charge in [-0.3, -0.25) is 14.4 Å². The molecule has 2 bridgehead atoms. The van der Waals surface area contributed by atoms with E-state index >= 15 is 0 Å². The van der Waals surface area contributed by atoms with Crippen molar-refractivity contribution in [3.8, 4) is 0 Å². The zero-order chi connectivity index (χ0) is 27.2. The van der Waals surface area contributed by atoms with Crippen molar-refractivity contribution in [1.82, 2.24) is 10.2 Å². The number of aliphatic hydroxyl groups is 1. The highest BCUT2D eigenvalue weighted by Gasteiger charge is 2.74. The number of nitrogens with one attached hydrogen (secondary N) is 1. The molecular weight excluding hydrogens is 488 g/mol. The molecule has 2 unspecified atom stereocenters. The molecule has 37 heavy (non-hydrogen) atoms. The maximum atomic E-state index is 14.2. The van der Waals surface area contributed by atoms with E-state index in [4.69, 9.17) is 4.74 Å². The lowest BCUT2D eigenvalue weighted by Crippen LogP contribution is -2.60. The molecule has 3 aliphatic rings. The van der Waals surface area contributed by atoms with Gasteiger partial charge in [0, 0.05) is 10.8 Å². The first kappa shape index (κ1) is 28.0. The van der Waals surface area contributed by atoms with E-state index in [-0.39, 0.29) is 41.7 Å². The smallest absolute Gasteiger partial charge is 0.310 e. The van der Waals surface area contributed by atoms with Crippen LogP contribution in [0.1, 0.15) is 66.4 Å². The minimum absolute atomic E-state index is 0.000699. The molecular formula is C29H42N2O5S. The number of carbonyl (C=O) groups is 3. The second kappa shape index (κ2) is 10.3. The van der Waals surface area contributed by atoms with E-state index in [1.807, 2.05) is 44.2 Å². The molecule has 204 valence electrons. The van der Waals surface area contributed by atoms with Crippen LogP contribution in [0.25, 0.3) is 0 Å². The first-order chi connectivity index (χ1) is 17.3. The Hall–Kier alpha value is -2.06. The van der Waals surface area contributed by atoms with E-state index in [2.05, 4.69) is 26.1 Å². The van der Waals surface area contributed by atoms with E-state index < -0.39 is 34.2 Å². The van der Waals surface area contributed by atoms with Crippen LogP contribution in [0.15, 0.2) is 30.3 Å². The molecule has 1 spiro atoms. The van der Waals surface area contributed by atoms with E-state index in [0.29, 0.717) is 12.8 Å². The molecule has 3 heterocycles. The van der Waals surface area contributed by atoms with E-state index in [1.165, 1.54) is 0 Å². The van der Waals surface area contributed by atoms with Gasteiger partial charge in [0.1, 0.15) is 6.04 Å². The van der Waals surface area contributed by atoms with Gasteiger partial charge in [-0.15, -0.1) is 11.8 Å². The standard InChI is InChI=1S/C29H42N2O5S/c1-7-36-26(35)21-20-13-14-29(37-20)22(21)25(34)31(19(16-32)15-18-11-9-8-10-12-18)23(29)24(33)30-28(5,6)17-27(2,3)4/h8-12,19-23,32H,7,13-17H2,1-6H3,(H,30,33)/t19-,20-,21+,22+,23?,29?/m1/s1. The van der Waals surface area contributed by atoms with Gasteiger partial charge in [0.2, 0.25) is 11.8 Å². The first-order valence-electron chi connectivity index (χ1n) is 13.5.